The van der Waals surface area contributed by atoms with E-state index in [1.165, 1.54) is 21.3 Å². The topological polar surface area (TPSA) is 93.8 Å². The number of ether oxygens (including phenoxy) is 1. The Hall–Kier alpha value is -3.11. The number of sulfonamides is 1. The Kier molecular flexibility index (Phi) is 5.83. The first-order chi connectivity index (χ1) is 15.2. The van der Waals surface area contributed by atoms with Crippen molar-refractivity contribution in [3.63, 3.8) is 0 Å². The number of nitrogens with zero attached hydrogens (tertiary/aromatic N) is 4. The smallest absolute Gasteiger partial charge is 0.328 e. The molecule has 2 aromatic carbocycles. The van der Waals surface area contributed by atoms with Crippen LogP contribution in [-0.4, -0.2) is 61.2 Å². The fraction of sp³-hybridized carbons (Fsp3) is 0.364. The fourth-order valence-corrected chi connectivity index (χ4v) is 5.33. The normalized spacial score (nSPS) is 14.7. The Balaban J connectivity index is 1.78. The second-order valence-corrected chi connectivity index (χ2v) is 9.76. The van der Waals surface area contributed by atoms with Crippen molar-refractivity contribution in [1.29, 1.82) is 0 Å². The molecule has 170 valence electrons. The van der Waals surface area contributed by atoms with E-state index in [9.17, 15) is 18.0 Å². The van der Waals surface area contributed by atoms with Gasteiger partial charge in [-0.2, -0.15) is 0 Å². The molecule has 0 unspecified atom stereocenters. The molecule has 0 spiro atoms. The molecule has 0 N–H and O–H groups in total. The predicted molar refractivity (Wildman–Crippen MR) is 121 cm³/mol. The summed E-state index contributed by atoms with van der Waals surface area (Å²) < 4.78 is 36.8. The lowest BCUT2D eigenvalue weighted by Gasteiger charge is -2.30. The number of amides is 1. The quantitative estimate of drug-likeness (QED) is 0.574. The maximum atomic E-state index is 13.7. The highest BCUT2D eigenvalue weighted by Gasteiger charge is 2.30. The molecule has 1 aliphatic heterocycles. The Bertz CT molecular complexity index is 1340. The molecule has 0 radical (unpaired) electrons. The zero-order valence-electron chi connectivity index (χ0n) is 18.3. The molecular formula is C22H26N4O5S. The zero-order valence-corrected chi connectivity index (χ0v) is 19.1. The maximum Gasteiger partial charge on any atom is 0.328 e. The number of fused-ring (bicyclic) bond motifs is 1. The minimum atomic E-state index is -4.09. The van der Waals surface area contributed by atoms with Crippen LogP contribution in [0.5, 0.6) is 0 Å². The summed E-state index contributed by atoms with van der Waals surface area (Å²) in [5, 5.41) is 0. The van der Waals surface area contributed by atoms with Crippen LogP contribution >= 0.6 is 0 Å². The van der Waals surface area contributed by atoms with Crippen LogP contribution in [0.1, 0.15) is 5.56 Å². The van der Waals surface area contributed by atoms with Crippen molar-refractivity contribution < 1.29 is 17.9 Å². The second kappa shape index (κ2) is 8.44. The lowest BCUT2D eigenvalue weighted by molar-refractivity contribution is -0.133. The van der Waals surface area contributed by atoms with Gasteiger partial charge in [-0.25, -0.2) is 13.2 Å². The largest absolute Gasteiger partial charge is 0.378 e. The van der Waals surface area contributed by atoms with Gasteiger partial charge in [-0.15, -0.1) is 0 Å². The van der Waals surface area contributed by atoms with Crippen molar-refractivity contribution in [3.8, 4) is 0 Å². The van der Waals surface area contributed by atoms with Gasteiger partial charge in [0.25, 0.3) is 10.0 Å². The molecule has 0 saturated carbocycles. The van der Waals surface area contributed by atoms with Crippen LogP contribution < -0.4 is 9.99 Å². The SMILES string of the molecule is Cc1cccc(N(CC(=O)N2CCOCC2)S(=O)(=O)c2ccc3c(c2)n(C)c(=O)n3C)c1. The number of hydrogen-bond donors (Lipinski definition) is 0. The Morgan fingerprint density at radius 3 is 2.41 bits per heavy atom. The lowest BCUT2D eigenvalue weighted by Crippen LogP contribution is -2.47. The average Bonchev–Trinajstić information content (AvgIpc) is 3.01. The molecule has 1 aliphatic rings. The first kappa shape index (κ1) is 22.1. The molecular weight excluding hydrogens is 432 g/mol. The van der Waals surface area contributed by atoms with Crippen molar-refractivity contribution in [2.75, 3.05) is 37.2 Å². The Morgan fingerprint density at radius 1 is 1.03 bits per heavy atom. The summed E-state index contributed by atoms with van der Waals surface area (Å²) in [5.74, 6) is -0.286. The maximum absolute atomic E-state index is 13.7. The molecule has 10 heteroatoms. The summed E-state index contributed by atoms with van der Waals surface area (Å²) in [4.78, 5) is 26.9. The molecule has 4 rings (SSSR count). The second-order valence-electron chi connectivity index (χ2n) is 7.89. The van der Waals surface area contributed by atoms with Crippen LogP contribution in [0.15, 0.2) is 52.2 Å². The number of carbonyl (C=O) groups is 1. The van der Waals surface area contributed by atoms with E-state index in [1.54, 1.807) is 43.3 Å². The van der Waals surface area contributed by atoms with Crippen LogP contribution in [-0.2, 0) is 33.7 Å². The Morgan fingerprint density at radius 2 is 1.72 bits per heavy atom. The van der Waals surface area contributed by atoms with Gasteiger partial charge in [0.15, 0.2) is 0 Å². The lowest BCUT2D eigenvalue weighted by atomic mass is 10.2. The third-order valence-electron chi connectivity index (χ3n) is 5.76. The van der Waals surface area contributed by atoms with Gasteiger partial charge in [-0.3, -0.25) is 18.2 Å². The van der Waals surface area contributed by atoms with Gasteiger partial charge < -0.3 is 9.64 Å². The number of carbonyl (C=O) groups excluding carboxylic acids is 1. The van der Waals surface area contributed by atoms with Gasteiger partial charge in [0.1, 0.15) is 6.54 Å². The number of morpholine rings is 1. The highest BCUT2D eigenvalue weighted by molar-refractivity contribution is 7.92. The van der Waals surface area contributed by atoms with E-state index in [2.05, 4.69) is 0 Å². The summed E-state index contributed by atoms with van der Waals surface area (Å²) in [7, 11) is -0.850. The van der Waals surface area contributed by atoms with Crippen LogP contribution in [0.2, 0.25) is 0 Å². The number of aryl methyl sites for hydroxylation is 3. The van der Waals surface area contributed by atoms with Gasteiger partial charge in [0, 0.05) is 27.2 Å². The molecule has 0 atom stereocenters. The highest BCUT2D eigenvalue weighted by atomic mass is 32.2. The molecule has 1 amide bonds. The molecule has 0 aliphatic carbocycles. The molecule has 3 aromatic rings. The van der Waals surface area contributed by atoms with Gasteiger partial charge in [0.05, 0.1) is 34.8 Å². The van der Waals surface area contributed by atoms with Crippen LogP contribution in [0.25, 0.3) is 11.0 Å². The number of imidazole rings is 1. The number of anilines is 1. The van der Waals surface area contributed by atoms with Crippen molar-refractivity contribution in [2.24, 2.45) is 14.1 Å². The van der Waals surface area contributed by atoms with E-state index in [0.29, 0.717) is 43.0 Å². The first-order valence-electron chi connectivity index (χ1n) is 10.3. The van der Waals surface area contributed by atoms with E-state index >= 15 is 0 Å². The summed E-state index contributed by atoms with van der Waals surface area (Å²) >= 11 is 0. The van der Waals surface area contributed by atoms with Crippen LogP contribution in [0.4, 0.5) is 5.69 Å². The molecule has 9 nitrogen and oxygen atoms in total. The van der Waals surface area contributed by atoms with E-state index < -0.39 is 10.0 Å². The summed E-state index contributed by atoms with van der Waals surface area (Å²) in [6.07, 6.45) is 0. The van der Waals surface area contributed by atoms with Crippen molar-refractivity contribution in [3.05, 3.63) is 58.5 Å². The van der Waals surface area contributed by atoms with E-state index in [4.69, 9.17) is 4.74 Å². The number of aromatic nitrogens is 2. The third kappa shape index (κ3) is 3.91. The van der Waals surface area contributed by atoms with Crippen molar-refractivity contribution in [1.82, 2.24) is 14.0 Å². The van der Waals surface area contributed by atoms with Crippen molar-refractivity contribution >= 4 is 32.7 Å². The third-order valence-corrected chi connectivity index (χ3v) is 7.53. The van der Waals surface area contributed by atoms with Crippen LogP contribution in [0, 0.1) is 6.92 Å². The average molecular weight is 459 g/mol. The number of hydrogen-bond acceptors (Lipinski definition) is 5. The van der Waals surface area contributed by atoms with Crippen LogP contribution in [0.3, 0.4) is 0 Å². The Labute approximate surface area is 186 Å². The first-order valence-corrected chi connectivity index (χ1v) is 11.7. The van der Waals surface area contributed by atoms with E-state index in [0.717, 1.165) is 9.87 Å². The zero-order chi connectivity index (χ0) is 23.0. The van der Waals surface area contributed by atoms with Crippen molar-refractivity contribution in [2.45, 2.75) is 11.8 Å². The monoisotopic (exact) mass is 458 g/mol. The fourth-order valence-electron chi connectivity index (χ4n) is 3.91. The molecule has 0 bridgehead atoms. The highest BCUT2D eigenvalue weighted by Crippen LogP contribution is 2.27. The number of benzene rings is 2. The molecule has 1 fully saturated rings. The van der Waals surface area contributed by atoms with E-state index in [-0.39, 0.29) is 23.0 Å². The van der Waals surface area contributed by atoms with Gasteiger partial charge >= 0.3 is 5.69 Å². The van der Waals surface area contributed by atoms with Gasteiger partial charge in [-0.05, 0) is 42.8 Å². The number of rotatable bonds is 5. The summed E-state index contributed by atoms with van der Waals surface area (Å²) in [6.45, 7) is 3.27. The standard InChI is InChI=1S/C22H26N4O5S/c1-16-5-4-6-17(13-16)26(15-21(27)25-9-11-31-12-10-25)32(29,30)18-7-8-19-20(14-18)24(3)22(28)23(19)2/h4-8,13-14H,9-12,15H2,1-3H3. The molecule has 32 heavy (non-hydrogen) atoms. The predicted octanol–water partition coefficient (Wildman–Crippen LogP) is 1.24. The molecule has 1 saturated heterocycles. The molecule has 2 heterocycles. The minimum absolute atomic E-state index is 0.0162. The van der Waals surface area contributed by atoms with Gasteiger partial charge in [-0.1, -0.05) is 12.1 Å². The minimum Gasteiger partial charge on any atom is -0.378 e. The van der Waals surface area contributed by atoms with Gasteiger partial charge in [0.2, 0.25) is 5.91 Å². The summed E-state index contributed by atoms with van der Waals surface area (Å²) in [5.41, 5.74) is 2.17. The summed E-state index contributed by atoms with van der Waals surface area (Å²) in [6, 6.07) is 11.6. The molecule has 1 aromatic heterocycles. The van der Waals surface area contributed by atoms with E-state index in [1.807, 2.05) is 13.0 Å².